The lowest BCUT2D eigenvalue weighted by Crippen LogP contribution is -2.30. The summed E-state index contributed by atoms with van der Waals surface area (Å²) >= 11 is 0. The summed E-state index contributed by atoms with van der Waals surface area (Å²) in [6.07, 6.45) is 0.0885. The van der Waals surface area contributed by atoms with Crippen LogP contribution in [0.15, 0.2) is 48.5 Å². The monoisotopic (exact) mass is 451 g/mol. The first-order valence-corrected chi connectivity index (χ1v) is 11.3. The second kappa shape index (κ2) is 11.5. The van der Waals surface area contributed by atoms with Gasteiger partial charge in [-0.3, -0.25) is 14.9 Å². The number of anilines is 1. The van der Waals surface area contributed by atoms with Crippen molar-refractivity contribution in [1.29, 1.82) is 0 Å². The molecule has 0 saturated carbocycles. The predicted molar refractivity (Wildman–Crippen MR) is 130 cm³/mol. The Morgan fingerprint density at radius 1 is 1.09 bits per heavy atom. The Kier molecular flexibility index (Phi) is 8.43. The van der Waals surface area contributed by atoms with E-state index in [2.05, 4.69) is 34.4 Å². The molecule has 0 fully saturated rings. The second-order valence-electron chi connectivity index (χ2n) is 7.88. The van der Waals surface area contributed by atoms with E-state index in [1.165, 1.54) is 6.92 Å². The van der Waals surface area contributed by atoms with E-state index in [1.807, 2.05) is 53.1 Å². The number of nitrogens with one attached hydrogen (secondary N) is 2. The molecule has 8 heteroatoms. The first-order valence-electron chi connectivity index (χ1n) is 11.3. The number of carbonyl (C=O) groups excluding carboxylic acids is 2. The van der Waals surface area contributed by atoms with Gasteiger partial charge in [-0.15, -0.1) is 0 Å². The minimum Gasteiger partial charge on any atom is -0.497 e. The molecule has 0 aliphatic heterocycles. The largest absolute Gasteiger partial charge is 0.497 e. The predicted octanol–water partition coefficient (Wildman–Crippen LogP) is 3.59. The third-order valence-corrected chi connectivity index (χ3v) is 5.73. The van der Waals surface area contributed by atoms with Gasteiger partial charge in [0, 0.05) is 20.0 Å². The van der Waals surface area contributed by atoms with Gasteiger partial charge in [0.2, 0.25) is 17.8 Å². The number of likely N-dealkylation sites (N-methyl/N-ethyl adjacent to an activating group) is 1. The highest BCUT2D eigenvalue weighted by atomic mass is 16.5. The van der Waals surface area contributed by atoms with Crippen molar-refractivity contribution in [2.24, 2.45) is 0 Å². The van der Waals surface area contributed by atoms with Crippen LogP contribution >= 0.6 is 0 Å². The average molecular weight is 452 g/mol. The normalized spacial score (nSPS) is 12.0. The number of ether oxygens (including phenoxy) is 1. The van der Waals surface area contributed by atoms with E-state index in [4.69, 9.17) is 4.74 Å². The molecule has 0 bridgehead atoms. The average Bonchev–Trinajstić information content (AvgIpc) is 3.16. The molecule has 0 saturated heterocycles. The Morgan fingerprint density at radius 3 is 2.42 bits per heavy atom. The van der Waals surface area contributed by atoms with Crippen molar-refractivity contribution < 1.29 is 14.3 Å². The Bertz CT molecular complexity index is 1070. The zero-order valence-corrected chi connectivity index (χ0v) is 19.8. The minimum atomic E-state index is -0.457. The van der Waals surface area contributed by atoms with E-state index in [9.17, 15) is 9.59 Å². The summed E-state index contributed by atoms with van der Waals surface area (Å²) in [5, 5.41) is 5.85. The van der Waals surface area contributed by atoms with E-state index in [1.54, 1.807) is 7.11 Å². The topological polar surface area (TPSA) is 88.5 Å². The molecule has 1 unspecified atom stereocenters. The van der Waals surface area contributed by atoms with Gasteiger partial charge in [-0.2, -0.15) is 0 Å². The van der Waals surface area contributed by atoms with Crippen LogP contribution in [0.5, 0.6) is 5.75 Å². The highest BCUT2D eigenvalue weighted by Crippen LogP contribution is 2.23. The first kappa shape index (κ1) is 24.3. The van der Waals surface area contributed by atoms with Crippen LogP contribution in [0.25, 0.3) is 11.0 Å². The highest BCUT2D eigenvalue weighted by Gasteiger charge is 2.20. The van der Waals surface area contributed by atoms with E-state index in [0.717, 1.165) is 36.2 Å². The van der Waals surface area contributed by atoms with E-state index in [-0.39, 0.29) is 18.2 Å². The summed E-state index contributed by atoms with van der Waals surface area (Å²) in [6.45, 7) is 9.22. The Labute approximate surface area is 194 Å². The van der Waals surface area contributed by atoms with Crippen molar-refractivity contribution in [2.75, 3.05) is 32.1 Å². The lowest BCUT2D eigenvalue weighted by Gasteiger charge is -2.20. The summed E-state index contributed by atoms with van der Waals surface area (Å²) in [4.78, 5) is 31.8. The van der Waals surface area contributed by atoms with E-state index < -0.39 is 6.04 Å². The van der Waals surface area contributed by atoms with Crippen molar-refractivity contribution in [3.05, 3.63) is 54.1 Å². The molecule has 1 heterocycles. The standard InChI is InChI=1S/C25H33N5O3/c1-5-29(6-2)15-16-30-23-10-8-7-9-21(23)27-25(30)28-24(32)17-22(26-18(3)31)19-11-13-20(33-4)14-12-19/h7-14,22H,5-6,15-17H2,1-4H3,(H,26,31)(H,27,28,32). The third-order valence-electron chi connectivity index (χ3n) is 5.73. The summed E-state index contributed by atoms with van der Waals surface area (Å²) in [7, 11) is 1.60. The molecule has 0 spiro atoms. The molecule has 33 heavy (non-hydrogen) atoms. The molecular weight excluding hydrogens is 418 g/mol. The van der Waals surface area contributed by atoms with Crippen LogP contribution in [0.1, 0.15) is 38.8 Å². The number of nitrogens with zero attached hydrogens (tertiary/aromatic N) is 3. The lowest BCUT2D eigenvalue weighted by atomic mass is 10.0. The number of para-hydroxylation sites is 2. The van der Waals surface area contributed by atoms with Crippen molar-refractivity contribution in [1.82, 2.24) is 19.8 Å². The molecule has 1 aromatic heterocycles. The van der Waals surface area contributed by atoms with Gasteiger partial charge in [0.05, 0.1) is 30.6 Å². The summed E-state index contributed by atoms with van der Waals surface area (Å²) in [5.41, 5.74) is 2.64. The number of benzene rings is 2. The Morgan fingerprint density at radius 2 is 1.79 bits per heavy atom. The molecule has 8 nitrogen and oxygen atoms in total. The molecule has 3 aromatic rings. The van der Waals surface area contributed by atoms with Crippen LogP contribution in [0.4, 0.5) is 5.95 Å². The SMILES string of the molecule is CCN(CC)CCn1c(NC(=O)CC(NC(C)=O)c2ccc(OC)cc2)nc2ccccc21. The van der Waals surface area contributed by atoms with Crippen molar-refractivity contribution in [3.63, 3.8) is 0 Å². The van der Waals surface area contributed by atoms with Gasteiger partial charge in [0.1, 0.15) is 5.75 Å². The van der Waals surface area contributed by atoms with Crippen LogP contribution in [0.3, 0.4) is 0 Å². The molecule has 0 radical (unpaired) electrons. The van der Waals surface area contributed by atoms with Gasteiger partial charge < -0.3 is 19.5 Å². The fourth-order valence-corrected chi connectivity index (χ4v) is 3.87. The number of carbonyl (C=O) groups is 2. The van der Waals surface area contributed by atoms with Crippen LogP contribution in [0.2, 0.25) is 0 Å². The first-order chi connectivity index (χ1) is 15.9. The van der Waals surface area contributed by atoms with Crippen LogP contribution in [0, 0.1) is 0 Å². The maximum absolute atomic E-state index is 13.0. The highest BCUT2D eigenvalue weighted by molar-refractivity contribution is 5.92. The summed E-state index contributed by atoms with van der Waals surface area (Å²) in [6, 6.07) is 14.7. The van der Waals surface area contributed by atoms with Crippen molar-refractivity contribution >= 4 is 28.8 Å². The second-order valence-corrected chi connectivity index (χ2v) is 7.88. The van der Waals surface area contributed by atoms with Crippen LogP contribution < -0.4 is 15.4 Å². The van der Waals surface area contributed by atoms with Crippen LogP contribution in [-0.2, 0) is 16.1 Å². The van der Waals surface area contributed by atoms with Gasteiger partial charge >= 0.3 is 0 Å². The summed E-state index contributed by atoms with van der Waals surface area (Å²) in [5.74, 6) is 0.815. The van der Waals surface area contributed by atoms with E-state index in [0.29, 0.717) is 18.2 Å². The zero-order valence-electron chi connectivity index (χ0n) is 19.8. The van der Waals surface area contributed by atoms with Gasteiger partial charge in [-0.1, -0.05) is 38.1 Å². The molecule has 2 aromatic carbocycles. The maximum Gasteiger partial charge on any atom is 0.229 e. The zero-order chi connectivity index (χ0) is 23.8. The van der Waals surface area contributed by atoms with E-state index >= 15 is 0 Å². The fourth-order valence-electron chi connectivity index (χ4n) is 3.87. The minimum absolute atomic E-state index is 0.0885. The quantitative estimate of drug-likeness (QED) is 0.465. The molecule has 0 aliphatic rings. The lowest BCUT2D eigenvalue weighted by molar-refractivity contribution is -0.120. The Hall–Kier alpha value is -3.39. The molecule has 176 valence electrons. The number of rotatable bonds is 11. The number of methoxy groups -OCH3 is 1. The van der Waals surface area contributed by atoms with Crippen molar-refractivity contribution in [3.8, 4) is 5.75 Å². The third kappa shape index (κ3) is 6.32. The Balaban J connectivity index is 1.80. The molecule has 3 rings (SSSR count). The molecule has 2 N–H and O–H groups in total. The molecule has 2 amide bonds. The molecular formula is C25H33N5O3. The molecule has 1 atom stereocenters. The number of amides is 2. The number of hydrogen-bond acceptors (Lipinski definition) is 5. The number of aromatic nitrogens is 2. The number of fused-ring (bicyclic) bond motifs is 1. The fraction of sp³-hybridized carbons (Fsp3) is 0.400. The number of hydrogen-bond donors (Lipinski definition) is 2. The van der Waals surface area contributed by atoms with Gasteiger partial charge in [0.15, 0.2) is 0 Å². The summed E-state index contributed by atoms with van der Waals surface area (Å²) < 4.78 is 7.25. The van der Waals surface area contributed by atoms with Crippen molar-refractivity contribution in [2.45, 2.75) is 39.8 Å². The molecule has 0 aliphatic carbocycles. The van der Waals surface area contributed by atoms with Gasteiger partial charge in [-0.25, -0.2) is 4.98 Å². The van der Waals surface area contributed by atoms with Crippen LogP contribution in [-0.4, -0.2) is 53.0 Å². The smallest absolute Gasteiger partial charge is 0.229 e. The van der Waals surface area contributed by atoms with Gasteiger partial charge in [0.25, 0.3) is 0 Å². The van der Waals surface area contributed by atoms with Gasteiger partial charge in [-0.05, 0) is 42.9 Å². The number of imidazole rings is 1. The maximum atomic E-state index is 13.0.